The second-order valence-electron chi connectivity index (χ2n) is 8.09. The van der Waals surface area contributed by atoms with Crippen molar-refractivity contribution in [2.75, 3.05) is 12.5 Å². The minimum Gasteiger partial charge on any atom is -0.306 e. The molecule has 0 aromatic heterocycles. The Morgan fingerprint density at radius 1 is 0.647 bits per heavy atom. The Balaban J connectivity index is 1.80. The number of rotatable bonds is 2. The summed E-state index contributed by atoms with van der Waals surface area (Å²) in [4.78, 5) is 0. The second kappa shape index (κ2) is 8.32. The van der Waals surface area contributed by atoms with Crippen LogP contribution in [0.25, 0.3) is 51.9 Å². The third kappa shape index (κ3) is 3.06. The average Bonchev–Trinajstić information content (AvgIpc) is 3.31. The van der Waals surface area contributed by atoms with Gasteiger partial charge in [0.2, 0.25) is 0 Å². The van der Waals surface area contributed by atoms with Gasteiger partial charge < -0.3 is 4.57 Å². The highest BCUT2D eigenvalue weighted by Gasteiger charge is 2.25. The second-order valence-corrected chi connectivity index (χ2v) is 13.6. The summed E-state index contributed by atoms with van der Waals surface area (Å²) >= 11 is 9.49. The van der Waals surface area contributed by atoms with E-state index in [2.05, 4.69) is 95.9 Å². The van der Waals surface area contributed by atoms with Crippen molar-refractivity contribution in [1.29, 1.82) is 0 Å². The van der Waals surface area contributed by atoms with Gasteiger partial charge in [-0.1, -0.05) is 84.2 Å². The molecule has 6 heteroatoms. The molecule has 0 atom stereocenters. The molecule has 3 aliphatic rings. The van der Waals surface area contributed by atoms with E-state index in [1.807, 2.05) is 58.4 Å². The van der Waals surface area contributed by atoms with Gasteiger partial charge in [0, 0.05) is 21.4 Å². The number of para-hydroxylation sites is 2. The van der Waals surface area contributed by atoms with Gasteiger partial charge in [0.05, 0.1) is 38.8 Å². The zero-order chi connectivity index (χ0) is 22.8. The third-order valence-corrected chi connectivity index (χ3v) is 12.7. The molecule has 0 radical (unpaired) electrons. The minimum atomic E-state index is 1.27. The van der Waals surface area contributed by atoms with E-state index in [9.17, 15) is 0 Å². The lowest BCUT2D eigenvalue weighted by molar-refractivity contribution is 1.20. The zero-order valence-corrected chi connectivity index (χ0v) is 22.6. The fourth-order valence-electron chi connectivity index (χ4n) is 4.92. The van der Waals surface area contributed by atoms with Gasteiger partial charge in [0.1, 0.15) is 0 Å². The molecule has 0 bridgehead atoms. The summed E-state index contributed by atoms with van der Waals surface area (Å²) in [6, 6.07) is 29.1. The fourth-order valence-corrected chi connectivity index (χ4v) is 11.1. The van der Waals surface area contributed by atoms with Crippen LogP contribution < -0.4 is 5.22 Å². The molecule has 7 rings (SSSR count). The van der Waals surface area contributed by atoms with Gasteiger partial charge in [-0.25, -0.2) is 0 Å². The highest BCUT2D eigenvalue weighted by molar-refractivity contribution is 8.45. The van der Waals surface area contributed by atoms with Crippen molar-refractivity contribution in [3.8, 4) is 5.69 Å². The monoisotopic (exact) mass is 529 g/mol. The Labute approximate surface area is 218 Å². The van der Waals surface area contributed by atoms with Crippen molar-refractivity contribution >= 4 is 105 Å². The molecule has 3 aliphatic heterocycles. The summed E-state index contributed by atoms with van der Waals surface area (Å²) in [5.41, 5.74) is 3.90. The van der Waals surface area contributed by atoms with Crippen LogP contribution in [0.3, 0.4) is 0 Å². The first-order valence-corrected chi connectivity index (χ1v) is 15.8. The largest absolute Gasteiger partial charge is 0.306 e. The van der Waals surface area contributed by atoms with Gasteiger partial charge in [-0.2, -0.15) is 0 Å². The van der Waals surface area contributed by atoms with Crippen LogP contribution in [0, 0.1) is 0 Å². The summed E-state index contributed by atoms with van der Waals surface area (Å²) in [6.07, 6.45) is 4.38. The highest BCUT2D eigenvalue weighted by atomic mass is 32.3. The molecule has 34 heavy (non-hydrogen) atoms. The molecule has 0 saturated heterocycles. The van der Waals surface area contributed by atoms with Crippen LogP contribution in [0.4, 0.5) is 0 Å². The molecule has 0 amide bonds. The number of hydrogen-bond donors (Lipinski definition) is 0. The van der Waals surface area contributed by atoms with Crippen LogP contribution in [0.2, 0.25) is 0 Å². The van der Waals surface area contributed by atoms with Crippen LogP contribution in [-0.4, -0.2) is 17.1 Å². The first-order valence-electron chi connectivity index (χ1n) is 10.9. The molecule has 3 heterocycles. The van der Waals surface area contributed by atoms with Gasteiger partial charge in [-0.05, 0) is 36.1 Å². The van der Waals surface area contributed by atoms with Crippen LogP contribution in [0.5, 0.6) is 0 Å². The summed E-state index contributed by atoms with van der Waals surface area (Å²) in [7, 11) is 0. The molecule has 0 fully saturated rings. The molecular formula is C28H19NS5. The van der Waals surface area contributed by atoms with Gasteiger partial charge in [0.25, 0.3) is 0 Å². The number of fused-ring (bicyclic) bond motifs is 6. The van der Waals surface area contributed by atoms with Crippen molar-refractivity contribution in [3.05, 3.63) is 92.6 Å². The minimum absolute atomic E-state index is 1.27. The molecule has 1 nitrogen and oxygen atoms in total. The normalized spacial score (nSPS) is 14.6. The van der Waals surface area contributed by atoms with Crippen LogP contribution in [0.1, 0.15) is 0 Å². The standard InChI is InChI=1S/C28H19NS5/c1-30-27-28(31-2)34-26(33-27)23-18-10-7-13-22-25(18)29(20-11-5-6-12-21(20)32-22)24-17-9-4-3-8-16(17)14-15-19(23)24/h3-15H,1-2H3. The first-order chi connectivity index (χ1) is 16.8. The SMILES string of the molecule is CSC1=C(SC)SC(=c2c3cccc4sc5ccccc5n(c5c2ccc2ccccc25)-c43)S1. The average molecular weight is 530 g/mol. The predicted molar refractivity (Wildman–Crippen MR) is 162 cm³/mol. The Bertz CT molecular complexity index is 1820. The van der Waals surface area contributed by atoms with Gasteiger partial charge >= 0.3 is 0 Å². The molecular weight excluding hydrogens is 511 g/mol. The van der Waals surface area contributed by atoms with Gasteiger partial charge in [0.15, 0.2) is 0 Å². The van der Waals surface area contributed by atoms with Crippen LogP contribution >= 0.6 is 58.4 Å². The summed E-state index contributed by atoms with van der Waals surface area (Å²) < 4.78 is 9.37. The van der Waals surface area contributed by atoms with E-state index in [4.69, 9.17) is 0 Å². The first kappa shape index (κ1) is 21.3. The molecule has 0 unspecified atom stereocenters. The number of nitrogens with zero attached hydrogens (tertiary/aromatic N) is 1. The number of hydrogen-bond acceptors (Lipinski definition) is 5. The fraction of sp³-hybridized carbons (Fsp3) is 0.0714. The maximum absolute atomic E-state index is 2.53. The summed E-state index contributed by atoms with van der Waals surface area (Å²) in [5.74, 6) is 0. The van der Waals surface area contributed by atoms with E-state index in [1.54, 1.807) is 0 Å². The molecule has 0 aliphatic carbocycles. The summed E-state index contributed by atoms with van der Waals surface area (Å²) in [6.45, 7) is 0. The quantitative estimate of drug-likeness (QED) is 0.163. The maximum atomic E-state index is 2.53. The number of benzene rings is 4. The van der Waals surface area contributed by atoms with E-state index in [0.717, 1.165) is 0 Å². The lowest BCUT2D eigenvalue weighted by atomic mass is 10.0. The number of thioether (sulfide) groups is 4. The van der Waals surface area contributed by atoms with E-state index in [1.165, 1.54) is 65.6 Å². The smallest absolute Gasteiger partial charge is 0.0714 e. The predicted octanol–water partition coefficient (Wildman–Crippen LogP) is 9.27. The Morgan fingerprint density at radius 2 is 1.35 bits per heavy atom. The van der Waals surface area contributed by atoms with E-state index in [-0.39, 0.29) is 0 Å². The molecule has 0 saturated carbocycles. The Kier molecular flexibility index (Phi) is 5.22. The molecule has 4 aromatic rings. The molecule has 4 aromatic carbocycles. The van der Waals surface area contributed by atoms with Crippen LogP contribution in [-0.2, 0) is 0 Å². The molecule has 0 spiro atoms. The van der Waals surface area contributed by atoms with Gasteiger partial charge in [-0.15, -0.1) is 34.9 Å². The summed E-state index contributed by atoms with van der Waals surface area (Å²) in [5, 5.41) is 6.61. The highest BCUT2D eigenvalue weighted by Crippen LogP contribution is 2.57. The molecule has 0 N–H and O–H groups in total. The molecule has 166 valence electrons. The number of pyridine rings is 1. The zero-order valence-electron chi connectivity index (χ0n) is 18.5. The van der Waals surface area contributed by atoms with Crippen molar-refractivity contribution in [1.82, 2.24) is 4.57 Å². The lowest BCUT2D eigenvalue weighted by Crippen LogP contribution is -2.15. The van der Waals surface area contributed by atoms with E-state index < -0.39 is 0 Å². The lowest BCUT2D eigenvalue weighted by Gasteiger charge is -2.23. The van der Waals surface area contributed by atoms with Crippen molar-refractivity contribution in [2.24, 2.45) is 0 Å². The number of aromatic nitrogens is 1. The Hall–Kier alpha value is -1.96. The third-order valence-electron chi connectivity index (χ3n) is 6.32. The Morgan fingerprint density at radius 3 is 2.18 bits per heavy atom. The van der Waals surface area contributed by atoms with E-state index in [0.29, 0.717) is 0 Å². The van der Waals surface area contributed by atoms with Crippen LogP contribution in [0.15, 0.2) is 87.3 Å². The maximum Gasteiger partial charge on any atom is 0.0714 e. The van der Waals surface area contributed by atoms with Crippen molar-refractivity contribution in [3.63, 3.8) is 0 Å². The van der Waals surface area contributed by atoms with Gasteiger partial charge in [-0.3, -0.25) is 0 Å². The van der Waals surface area contributed by atoms with E-state index >= 15 is 0 Å². The topological polar surface area (TPSA) is 4.93 Å². The van der Waals surface area contributed by atoms with Crippen molar-refractivity contribution < 1.29 is 0 Å². The van der Waals surface area contributed by atoms with Crippen molar-refractivity contribution in [2.45, 2.75) is 0 Å².